The highest BCUT2D eigenvalue weighted by molar-refractivity contribution is 5.79. The Bertz CT molecular complexity index is 795. The number of halogens is 1. The average Bonchev–Trinajstić information content (AvgIpc) is 2.69. The molecule has 2 atom stereocenters. The Hall–Kier alpha value is -2.40. The van der Waals surface area contributed by atoms with Crippen LogP contribution in [0.15, 0.2) is 48.5 Å². The van der Waals surface area contributed by atoms with Crippen molar-refractivity contribution in [3.63, 3.8) is 0 Å². The summed E-state index contributed by atoms with van der Waals surface area (Å²) in [4.78, 5) is 17.2. The van der Waals surface area contributed by atoms with Crippen LogP contribution in [0.3, 0.4) is 0 Å². The summed E-state index contributed by atoms with van der Waals surface area (Å²) in [6.07, 6.45) is 0.414. The molecule has 3 rings (SSSR count). The van der Waals surface area contributed by atoms with Gasteiger partial charge >= 0.3 is 0 Å². The number of amides is 1. The highest BCUT2D eigenvalue weighted by Gasteiger charge is 2.32. The lowest BCUT2D eigenvalue weighted by molar-refractivity contribution is -0.137. The maximum Gasteiger partial charge on any atom is 0.225 e. The number of piperazine rings is 1. The molecule has 0 aliphatic carbocycles. The van der Waals surface area contributed by atoms with Gasteiger partial charge in [0.2, 0.25) is 5.91 Å². The van der Waals surface area contributed by atoms with E-state index in [9.17, 15) is 9.18 Å². The van der Waals surface area contributed by atoms with Crippen LogP contribution in [-0.4, -0.2) is 49.5 Å². The van der Waals surface area contributed by atoms with Gasteiger partial charge in [-0.1, -0.05) is 43.3 Å². The third-order valence-corrected chi connectivity index (χ3v) is 5.36. The van der Waals surface area contributed by atoms with Gasteiger partial charge in [-0.05, 0) is 31.2 Å². The van der Waals surface area contributed by atoms with Crippen molar-refractivity contribution in [1.82, 2.24) is 9.80 Å². The van der Waals surface area contributed by atoms with Gasteiger partial charge in [-0.25, -0.2) is 4.39 Å². The van der Waals surface area contributed by atoms with Crippen molar-refractivity contribution in [3.8, 4) is 5.75 Å². The minimum absolute atomic E-state index is 0.0752. The molecule has 2 unspecified atom stereocenters. The zero-order valence-electron chi connectivity index (χ0n) is 16.2. The van der Waals surface area contributed by atoms with Gasteiger partial charge in [0.05, 0.1) is 13.2 Å². The van der Waals surface area contributed by atoms with Gasteiger partial charge in [-0.15, -0.1) is 0 Å². The minimum atomic E-state index is -0.261. The van der Waals surface area contributed by atoms with Crippen molar-refractivity contribution in [2.24, 2.45) is 5.92 Å². The molecular formula is C22H27FN2O2. The summed E-state index contributed by atoms with van der Waals surface area (Å²) in [6.45, 7) is 3.96. The van der Waals surface area contributed by atoms with Crippen molar-refractivity contribution in [1.29, 1.82) is 0 Å². The average molecular weight is 370 g/mol. The zero-order valence-corrected chi connectivity index (χ0v) is 16.2. The lowest BCUT2D eigenvalue weighted by atomic mass is 9.97. The molecule has 2 aromatic carbocycles. The fourth-order valence-corrected chi connectivity index (χ4v) is 3.74. The molecule has 4 nitrogen and oxygen atoms in total. The Kier molecular flexibility index (Phi) is 6.11. The minimum Gasteiger partial charge on any atom is -0.496 e. The van der Waals surface area contributed by atoms with E-state index >= 15 is 0 Å². The second-order valence-corrected chi connectivity index (χ2v) is 7.22. The van der Waals surface area contributed by atoms with E-state index in [1.54, 1.807) is 19.2 Å². The number of likely N-dealkylation sites (N-methyl/N-ethyl adjacent to an activating group) is 1. The fraction of sp³-hybridized carbons (Fsp3) is 0.409. The molecule has 0 radical (unpaired) electrons. The molecule has 2 aromatic rings. The second-order valence-electron chi connectivity index (χ2n) is 7.22. The monoisotopic (exact) mass is 370 g/mol. The first kappa shape index (κ1) is 19.4. The summed E-state index contributed by atoms with van der Waals surface area (Å²) < 4.78 is 19.4. The van der Waals surface area contributed by atoms with Crippen LogP contribution >= 0.6 is 0 Å². The first-order chi connectivity index (χ1) is 13.0. The summed E-state index contributed by atoms with van der Waals surface area (Å²) >= 11 is 0. The second kappa shape index (κ2) is 8.53. The maximum atomic E-state index is 13.9. The number of rotatable bonds is 5. The number of ether oxygens (including phenoxy) is 1. The van der Waals surface area contributed by atoms with Gasteiger partial charge < -0.3 is 9.64 Å². The van der Waals surface area contributed by atoms with Gasteiger partial charge in [-0.3, -0.25) is 9.69 Å². The molecule has 1 fully saturated rings. The number of carbonyl (C=O) groups is 1. The molecule has 0 N–H and O–H groups in total. The molecule has 1 heterocycles. The normalized spacial score (nSPS) is 19.0. The van der Waals surface area contributed by atoms with E-state index in [-0.39, 0.29) is 23.7 Å². The predicted molar refractivity (Wildman–Crippen MR) is 104 cm³/mol. The number of nitrogens with zero attached hydrogens (tertiary/aromatic N) is 2. The zero-order chi connectivity index (χ0) is 19.4. The van der Waals surface area contributed by atoms with Crippen LogP contribution < -0.4 is 4.74 Å². The number of hydrogen-bond acceptors (Lipinski definition) is 3. The van der Waals surface area contributed by atoms with Crippen molar-refractivity contribution in [2.75, 3.05) is 33.8 Å². The maximum absolute atomic E-state index is 13.9. The molecule has 1 aliphatic heterocycles. The quantitative estimate of drug-likeness (QED) is 0.807. The van der Waals surface area contributed by atoms with Crippen molar-refractivity contribution < 1.29 is 13.9 Å². The summed E-state index contributed by atoms with van der Waals surface area (Å²) in [5.74, 6) is 0.403. The topological polar surface area (TPSA) is 32.8 Å². The fourth-order valence-electron chi connectivity index (χ4n) is 3.74. The molecular weight excluding hydrogens is 343 g/mol. The van der Waals surface area contributed by atoms with E-state index in [2.05, 4.69) is 18.0 Å². The summed E-state index contributed by atoms with van der Waals surface area (Å²) in [5, 5.41) is 0. The van der Waals surface area contributed by atoms with Crippen LogP contribution in [0, 0.1) is 11.7 Å². The first-order valence-corrected chi connectivity index (χ1v) is 9.36. The highest BCUT2D eigenvalue weighted by Crippen LogP contribution is 2.31. The van der Waals surface area contributed by atoms with Crippen molar-refractivity contribution in [3.05, 3.63) is 65.5 Å². The van der Waals surface area contributed by atoms with Gasteiger partial charge in [-0.2, -0.15) is 0 Å². The molecule has 5 heteroatoms. The number of carbonyl (C=O) groups excluding carboxylic acids is 1. The molecule has 1 aliphatic rings. The van der Waals surface area contributed by atoms with Crippen LogP contribution in [0.4, 0.5) is 4.39 Å². The van der Waals surface area contributed by atoms with E-state index in [1.807, 2.05) is 36.1 Å². The smallest absolute Gasteiger partial charge is 0.225 e. The number of benzene rings is 2. The van der Waals surface area contributed by atoms with Gasteiger partial charge in [0.25, 0.3) is 0 Å². The van der Waals surface area contributed by atoms with E-state index in [4.69, 9.17) is 4.74 Å². The molecule has 144 valence electrons. The van der Waals surface area contributed by atoms with E-state index in [0.29, 0.717) is 25.1 Å². The number of methoxy groups -OCH3 is 1. The lowest BCUT2D eigenvalue weighted by Gasteiger charge is -2.41. The molecule has 27 heavy (non-hydrogen) atoms. The molecule has 1 saturated heterocycles. The first-order valence-electron chi connectivity index (χ1n) is 9.36. The lowest BCUT2D eigenvalue weighted by Crippen LogP contribution is -2.50. The molecule has 0 aromatic heterocycles. The molecule has 1 amide bonds. The van der Waals surface area contributed by atoms with Gasteiger partial charge in [0.1, 0.15) is 11.6 Å². The van der Waals surface area contributed by atoms with E-state index in [0.717, 1.165) is 17.9 Å². The van der Waals surface area contributed by atoms with Crippen LogP contribution in [-0.2, 0) is 11.2 Å². The highest BCUT2D eigenvalue weighted by atomic mass is 19.1. The van der Waals surface area contributed by atoms with Crippen LogP contribution in [0.2, 0.25) is 0 Å². The van der Waals surface area contributed by atoms with Crippen LogP contribution in [0.25, 0.3) is 0 Å². The Morgan fingerprint density at radius 3 is 2.63 bits per heavy atom. The van der Waals surface area contributed by atoms with E-state index < -0.39 is 0 Å². The number of para-hydroxylation sites is 1. The summed E-state index contributed by atoms with van der Waals surface area (Å²) in [5.41, 5.74) is 1.68. The molecule has 0 spiro atoms. The Balaban J connectivity index is 1.73. The Labute approximate surface area is 160 Å². The molecule has 0 bridgehead atoms. The Morgan fingerprint density at radius 2 is 1.89 bits per heavy atom. The van der Waals surface area contributed by atoms with Crippen molar-refractivity contribution >= 4 is 5.91 Å². The molecule has 0 saturated carbocycles. The number of hydrogen-bond donors (Lipinski definition) is 0. The van der Waals surface area contributed by atoms with Crippen LogP contribution in [0.5, 0.6) is 5.75 Å². The Morgan fingerprint density at radius 1 is 1.19 bits per heavy atom. The van der Waals surface area contributed by atoms with Gasteiger partial charge in [0, 0.05) is 31.1 Å². The predicted octanol–water partition coefficient (Wildman–Crippen LogP) is 3.53. The third-order valence-electron chi connectivity index (χ3n) is 5.36. The van der Waals surface area contributed by atoms with Crippen LogP contribution in [0.1, 0.15) is 24.1 Å². The standard InChI is InChI=1S/C22H27FN2O2/c1-16(14-17-8-4-6-10-19(17)23)22(26)25-13-12-24(2)20(15-25)18-9-5-7-11-21(18)27-3/h4-11,16,20H,12-15H2,1-3H3. The third kappa shape index (κ3) is 4.30. The van der Waals surface area contributed by atoms with E-state index in [1.165, 1.54) is 6.07 Å². The van der Waals surface area contributed by atoms with Crippen molar-refractivity contribution in [2.45, 2.75) is 19.4 Å². The summed E-state index contributed by atoms with van der Waals surface area (Å²) in [6, 6.07) is 14.7. The SMILES string of the molecule is COc1ccccc1C1CN(C(=O)C(C)Cc2ccccc2F)CCN1C. The summed E-state index contributed by atoms with van der Waals surface area (Å²) in [7, 11) is 3.74. The van der Waals surface area contributed by atoms with Gasteiger partial charge in [0.15, 0.2) is 0 Å². The largest absolute Gasteiger partial charge is 0.496 e.